The van der Waals surface area contributed by atoms with E-state index in [1.807, 2.05) is 0 Å². The number of alkyl halides is 3. The molecular formula is C14H13F4N3O. The summed E-state index contributed by atoms with van der Waals surface area (Å²) in [6.07, 6.45) is -4.52. The Kier molecular flexibility index (Phi) is 4.37. The number of halogens is 4. The molecule has 0 unspecified atom stereocenters. The van der Waals surface area contributed by atoms with Crippen molar-refractivity contribution in [3.8, 4) is 6.07 Å². The molecule has 118 valence electrons. The highest BCUT2D eigenvalue weighted by molar-refractivity contribution is 5.77. The Morgan fingerprint density at radius 2 is 2.09 bits per heavy atom. The van der Waals surface area contributed by atoms with Gasteiger partial charge in [-0.05, 0) is 17.7 Å². The summed E-state index contributed by atoms with van der Waals surface area (Å²) in [4.78, 5) is 12.6. The van der Waals surface area contributed by atoms with Crippen LogP contribution in [0.2, 0.25) is 0 Å². The van der Waals surface area contributed by atoms with Gasteiger partial charge in [0.25, 0.3) is 0 Å². The predicted octanol–water partition coefficient (Wildman–Crippen LogP) is 1.79. The van der Waals surface area contributed by atoms with Crippen LogP contribution < -0.4 is 5.73 Å². The van der Waals surface area contributed by atoms with Crippen LogP contribution in [-0.2, 0) is 11.3 Å². The predicted molar refractivity (Wildman–Crippen MR) is 68.6 cm³/mol. The Morgan fingerprint density at radius 1 is 1.41 bits per heavy atom. The van der Waals surface area contributed by atoms with Crippen molar-refractivity contribution in [3.63, 3.8) is 0 Å². The molecule has 0 bridgehead atoms. The van der Waals surface area contributed by atoms with Crippen LogP contribution >= 0.6 is 0 Å². The quantitative estimate of drug-likeness (QED) is 0.865. The summed E-state index contributed by atoms with van der Waals surface area (Å²) in [6, 6.07) is 5.32. The van der Waals surface area contributed by atoms with E-state index in [1.54, 1.807) is 6.07 Å². The monoisotopic (exact) mass is 315 g/mol. The summed E-state index contributed by atoms with van der Waals surface area (Å²) in [7, 11) is 0. The molecule has 1 aliphatic heterocycles. The van der Waals surface area contributed by atoms with Crippen LogP contribution in [0.15, 0.2) is 18.2 Å². The Balaban J connectivity index is 2.19. The maximum atomic E-state index is 13.1. The lowest BCUT2D eigenvalue weighted by atomic mass is 9.95. The first kappa shape index (κ1) is 16.2. The number of rotatable bonds is 3. The number of carbonyl (C=O) groups is 1. The largest absolute Gasteiger partial charge is 0.393 e. The van der Waals surface area contributed by atoms with E-state index >= 15 is 0 Å². The topological polar surface area (TPSA) is 70.1 Å². The second-order valence-corrected chi connectivity index (χ2v) is 5.26. The van der Waals surface area contributed by atoms with E-state index in [0.717, 1.165) is 12.1 Å². The molecule has 1 aromatic rings. The minimum Gasteiger partial charge on any atom is -0.369 e. The average Bonchev–Trinajstić information content (AvgIpc) is 2.85. The van der Waals surface area contributed by atoms with Crippen LogP contribution in [0.3, 0.4) is 0 Å². The van der Waals surface area contributed by atoms with Gasteiger partial charge < -0.3 is 5.73 Å². The minimum atomic E-state index is -4.52. The number of primary amides is 1. The van der Waals surface area contributed by atoms with Crippen LogP contribution in [0.4, 0.5) is 17.6 Å². The third kappa shape index (κ3) is 3.36. The molecule has 0 radical (unpaired) electrons. The fourth-order valence-electron chi connectivity index (χ4n) is 2.67. The maximum absolute atomic E-state index is 13.1. The minimum absolute atomic E-state index is 0.0273. The molecule has 0 spiro atoms. The lowest BCUT2D eigenvalue weighted by molar-refractivity contribution is -0.182. The summed E-state index contributed by atoms with van der Waals surface area (Å²) in [5.74, 6) is -4.73. The summed E-state index contributed by atoms with van der Waals surface area (Å²) in [5.41, 5.74) is 5.52. The van der Waals surface area contributed by atoms with E-state index in [0.29, 0.717) is 5.56 Å². The molecule has 22 heavy (non-hydrogen) atoms. The average molecular weight is 315 g/mol. The van der Waals surface area contributed by atoms with Gasteiger partial charge in [-0.1, -0.05) is 6.07 Å². The fraction of sp³-hybridized carbons (Fsp3) is 0.429. The second-order valence-electron chi connectivity index (χ2n) is 5.26. The number of likely N-dealkylation sites (tertiary alicyclic amines) is 1. The highest BCUT2D eigenvalue weighted by atomic mass is 19.4. The molecule has 2 N–H and O–H groups in total. The van der Waals surface area contributed by atoms with E-state index in [1.165, 1.54) is 11.0 Å². The highest BCUT2D eigenvalue weighted by Gasteiger charge is 2.51. The van der Waals surface area contributed by atoms with Gasteiger partial charge in [0.1, 0.15) is 5.82 Å². The van der Waals surface area contributed by atoms with Crippen molar-refractivity contribution in [2.75, 3.05) is 13.1 Å². The zero-order chi connectivity index (χ0) is 16.5. The van der Waals surface area contributed by atoms with Crippen LogP contribution in [-0.4, -0.2) is 30.1 Å². The number of nitrogens with zero attached hydrogens (tertiary/aromatic N) is 2. The first-order chi connectivity index (χ1) is 10.2. The zero-order valence-electron chi connectivity index (χ0n) is 11.4. The molecule has 0 aromatic heterocycles. The molecule has 1 aliphatic rings. The third-order valence-electron chi connectivity index (χ3n) is 3.77. The number of hydrogen-bond donors (Lipinski definition) is 1. The molecule has 0 aliphatic carbocycles. The summed E-state index contributed by atoms with van der Waals surface area (Å²) in [6.45, 7) is -0.485. The van der Waals surface area contributed by atoms with Crippen molar-refractivity contribution in [1.29, 1.82) is 5.26 Å². The van der Waals surface area contributed by atoms with E-state index in [-0.39, 0.29) is 25.2 Å². The number of nitriles is 1. The van der Waals surface area contributed by atoms with Gasteiger partial charge >= 0.3 is 6.18 Å². The molecule has 4 nitrogen and oxygen atoms in total. The van der Waals surface area contributed by atoms with Crippen LogP contribution in [0.1, 0.15) is 11.1 Å². The first-order valence-electron chi connectivity index (χ1n) is 6.49. The standard InChI is InChI=1S/C14H13F4N3O/c15-10-2-1-8(9(3-10)4-19)5-21-6-11(13(20)22)12(7-21)14(16,17)18/h1-3,11-12H,5-7H2,(H2,20,22)/t11-,12-/m1/s1. The molecule has 0 saturated carbocycles. The van der Waals surface area contributed by atoms with Crippen molar-refractivity contribution in [1.82, 2.24) is 4.90 Å². The number of benzene rings is 1. The smallest absolute Gasteiger partial charge is 0.369 e. The van der Waals surface area contributed by atoms with Gasteiger partial charge in [-0.25, -0.2) is 4.39 Å². The molecule has 1 amide bonds. The summed E-state index contributed by atoms with van der Waals surface area (Å²) < 4.78 is 51.9. The number of amides is 1. The van der Waals surface area contributed by atoms with Crippen molar-refractivity contribution >= 4 is 5.91 Å². The molecular weight excluding hydrogens is 302 g/mol. The Morgan fingerprint density at radius 3 is 2.59 bits per heavy atom. The lowest BCUT2D eigenvalue weighted by Crippen LogP contribution is -2.37. The van der Waals surface area contributed by atoms with Gasteiger partial charge in [0.05, 0.1) is 23.5 Å². The van der Waals surface area contributed by atoms with Crippen molar-refractivity contribution in [3.05, 3.63) is 35.1 Å². The van der Waals surface area contributed by atoms with Crippen molar-refractivity contribution in [2.24, 2.45) is 17.6 Å². The second kappa shape index (κ2) is 5.93. The zero-order valence-corrected chi connectivity index (χ0v) is 11.4. The van der Waals surface area contributed by atoms with Gasteiger partial charge in [-0.2, -0.15) is 18.4 Å². The normalized spacial score (nSPS) is 22.5. The number of hydrogen-bond acceptors (Lipinski definition) is 3. The van der Waals surface area contributed by atoms with Crippen molar-refractivity contribution < 1.29 is 22.4 Å². The Hall–Kier alpha value is -2.14. The van der Waals surface area contributed by atoms with Gasteiger partial charge in [0, 0.05) is 19.6 Å². The molecule has 2 atom stereocenters. The van der Waals surface area contributed by atoms with Crippen LogP contribution in [0.25, 0.3) is 0 Å². The van der Waals surface area contributed by atoms with E-state index < -0.39 is 29.7 Å². The molecule has 1 saturated heterocycles. The molecule has 2 rings (SSSR count). The van der Waals surface area contributed by atoms with Gasteiger partial charge in [-0.15, -0.1) is 0 Å². The Labute approximate surface area is 124 Å². The molecule has 1 aromatic carbocycles. The van der Waals surface area contributed by atoms with Gasteiger partial charge in [0.15, 0.2) is 0 Å². The third-order valence-corrected chi connectivity index (χ3v) is 3.77. The summed E-state index contributed by atoms with van der Waals surface area (Å²) in [5, 5.41) is 8.95. The number of carbonyl (C=O) groups excluding carboxylic acids is 1. The van der Waals surface area contributed by atoms with Gasteiger partial charge in [0.2, 0.25) is 5.91 Å². The molecule has 8 heteroatoms. The number of nitrogens with two attached hydrogens (primary N) is 1. The fourth-order valence-corrected chi connectivity index (χ4v) is 2.67. The van der Waals surface area contributed by atoms with E-state index in [2.05, 4.69) is 0 Å². The molecule has 1 fully saturated rings. The highest BCUT2D eigenvalue weighted by Crippen LogP contribution is 2.38. The molecule has 1 heterocycles. The SMILES string of the molecule is N#Cc1cc(F)ccc1CN1C[C@@H](C(F)(F)F)[C@H](C(N)=O)C1. The van der Waals surface area contributed by atoms with E-state index in [9.17, 15) is 22.4 Å². The Bertz CT molecular complexity index is 623. The lowest BCUT2D eigenvalue weighted by Gasteiger charge is -2.19. The first-order valence-corrected chi connectivity index (χ1v) is 6.49. The van der Waals surface area contributed by atoms with Crippen molar-refractivity contribution in [2.45, 2.75) is 12.7 Å². The maximum Gasteiger partial charge on any atom is 0.393 e. The van der Waals surface area contributed by atoms with Crippen LogP contribution in [0, 0.1) is 29.0 Å². The van der Waals surface area contributed by atoms with Crippen LogP contribution in [0.5, 0.6) is 0 Å². The van der Waals surface area contributed by atoms with Gasteiger partial charge in [-0.3, -0.25) is 9.69 Å². The van der Waals surface area contributed by atoms with E-state index in [4.69, 9.17) is 11.0 Å². The summed E-state index contributed by atoms with van der Waals surface area (Å²) >= 11 is 0.